The first-order valence-electron chi connectivity index (χ1n) is 5.93. The van der Waals surface area contributed by atoms with Gasteiger partial charge >= 0.3 is 0 Å². The summed E-state index contributed by atoms with van der Waals surface area (Å²) in [5, 5.41) is 2.82. The highest BCUT2D eigenvalue weighted by molar-refractivity contribution is 7.84. The number of amides is 1. The average Bonchev–Trinajstić information content (AvgIpc) is 2.23. The van der Waals surface area contributed by atoms with Crippen molar-refractivity contribution in [3.05, 3.63) is 0 Å². The largest absolute Gasteiger partial charge is 0.355 e. The van der Waals surface area contributed by atoms with Crippen LogP contribution in [0.1, 0.15) is 32.6 Å². The van der Waals surface area contributed by atoms with E-state index >= 15 is 0 Å². The Bertz CT molecular complexity index is 259. The van der Waals surface area contributed by atoms with Gasteiger partial charge in [-0.3, -0.25) is 9.00 Å². The molecule has 1 rings (SSSR count). The zero-order chi connectivity index (χ0) is 12.0. The van der Waals surface area contributed by atoms with Crippen LogP contribution in [0.15, 0.2) is 0 Å². The Morgan fingerprint density at radius 3 is 2.62 bits per heavy atom. The molecule has 0 aliphatic heterocycles. The van der Waals surface area contributed by atoms with Gasteiger partial charge in [-0.15, -0.1) is 0 Å². The van der Waals surface area contributed by atoms with E-state index in [0.717, 1.165) is 12.8 Å². The van der Waals surface area contributed by atoms with E-state index in [4.69, 9.17) is 5.73 Å². The third-order valence-electron chi connectivity index (χ3n) is 3.36. The van der Waals surface area contributed by atoms with Crippen LogP contribution < -0.4 is 11.1 Å². The maximum Gasteiger partial charge on any atom is 0.220 e. The van der Waals surface area contributed by atoms with Crippen LogP contribution in [0, 0.1) is 5.41 Å². The fraction of sp³-hybridized carbons (Fsp3) is 0.909. The number of rotatable bonds is 7. The quantitative estimate of drug-likeness (QED) is 0.682. The van der Waals surface area contributed by atoms with Crippen LogP contribution in [-0.4, -0.2) is 34.7 Å². The zero-order valence-electron chi connectivity index (χ0n) is 9.96. The Balaban J connectivity index is 2.18. The SMILES string of the molecule is CCS(=O)CCNC(=O)CC1(CN)CCC1. The first-order valence-corrected chi connectivity index (χ1v) is 7.42. The Labute approximate surface area is 99.8 Å². The number of carbonyl (C=O) groups is 1. The summed E-state index contributed by atoms with van der Waals surface area (Å²) < 4.78 is 11.1. The van der Waals surface area contributed by atoms with Crippen LogP contribution in [0.2, 0.25) is 0 Å². The summed E-state index contributed by atoms with van der Waals surface area (Å²) in [6.45, 7) is 3.00. The fourth-order valence-electron chi connectivity index (χ4n) is 1.98. The number of nitrogens with one attached hydrogen (secondary N) is 1. The van der Waals surface area contributed by atoms with E-state index < -0.39 is 10.8 Å². The van der Waals surface area contributed by atoms with Crippen LogP contribution in [0.25, 0.3) is 0 Å². The van der Waals surface area contributed by atoms with Crippen molar-refractivity contribution in [2.75, 3.05) is 24.6 Å². The Morgan fingerprint density at radius 1 is 1.50 bits per heavy atom. The lowest BCUT2D eigenvalue weighted by molar-refractivity contribution is -0.124. The van der Waals surface area contributed by atoms with Crippen molar-refractivity contribution in [2.24, 2.45) is 11.1 Å². The topological polar surface area (TPSA) is 72.2 Å². The molecule has 16 heavy (non-hydrogen) atoms. The lowest BCUT2D eigenvalue weighted by atomic mass is 9.66. The molecular formula is C11H22N2O2S. The van der Waals surface area contributed by atoms with Crippen molar-refractivity contribution in [1.82, 2.24) is 5.32 Å². The van der Waals surface area contributed by atoms with Crippen molar-refractivity contribution in [3.63, 3.8) is 0 Å². The van der Waals surface area contributed by atoms with Crippen LogP contribution >= 0.6 is 0 Å². The number of hydrogen-bond acceptors (Lipinski definition) is 3. The summed E-state index contributed by atoms with van der Waals surface area (Å²) in [6.07, 6.45) is 3.85. The van der Waals surface area contributed by atoms with Crippen molar-refractivity contribution in [3.8, 4) is 0 Å². The number of hydrogen-bond donors (Lipinski definition) is 2. The Morgan fingerprint density at radius 2 is 2.19 bits per heavy atom. The van der Waals surface area contributed by atoms with Crippen molar-refractivity contribution in [2.45, 2.75) is 32.6 Å². The van der Waals surface area contributed by atoms with Gasteiger partial charge in [0, 0.05) is 35.3 Å². The van der Waals surface area contributed by atoms with Gasteiger partial charge in [0.15, 0.2) is 0 Å². The van der Waals surface area contributed by atoms with E-state index in [1.54, 1.807) is 0 Å². The molecule has 0 aromatic carbocycles. The van der Waals surface area contributed by atoms with E-state index in [0.29, 0.717) is 31.0 Å². The third-order valence-corrected chi connectivity index (χ3v) is 4.66. The van der Waals surface area contributed by atoms with Gasteiger partial charge in [0.1, 0.15) is 0 Å². The summed E-state index contributed by atoms with van der Waals surface area (Å²) in [7, 11) is -0.796. The Kier molecular flexibility index (Phi) is 5.41. The minimum atomic E-state index is -0.796. The molecule has 1 aliphatic rings. The fourth-order valence-corrected chi connectivity index (χ4v) is 2.60. The average molecular weight is 246 g/mol. The molecule has 0 heterocycles. The smallest absolute Gasteiger partial charge is 0.220 e. The van der Waals surface area contributed by atoms with E-state index in [1.807, 2.05) is 6.92 Å². The van der Waals surface area contributed by atoms with E-state index in [-0.39, 0.29) is 11.3 Å². The molecule has 1 unspecified atom stereocenters. The van der Waals surface area contributed by atoms with Gasteiger partial charge in [0.2, 0.25) is 5.91 Å². The molecule has 0 radical (unpaired) electrons. The highest BCUT2D eigenvalue weighted by Crippen LogP contribution is 2.42. The molecule has 4 nitrogen and oxygen atoms in total. The van der Waals surface area contributed by atoms with Crippen molar-refractivity contribution in [1.29, 1.82) is 0 Å². The maximum atomic E-state index is 11.6. The van der Waals surface area contributed by atoms with Gasteiger partial charge in [0.25, 0.3) is 0 Å². The molecule has 94 valence electrons. The van der Waals surface area contributed by atoms with E-state index in [9.17, 15) is 9.00 Å². The Hall–Kier alpha value is -0.420. The zero-order valence-corrected chi connectivity index (χ0v) is 10.8. The van der Waals surface area contributed by atoms with Crippen LogP contribution in [0.4, 0.5) is 0 Å². The van der Waals surface area contributed by atoms with Gasteiger partial charge < -0.3 is 11.1 Å². The molecule has 1 atom stereocenters. The minimum absolute atomic E-state index is 0.0539. The molecule has 0 bridgehead atoms. The molecule has 1 amide bonds. The van der Waals surface area contributed by atoms with Gasteiger partial charge in [0.05, 0.1) is 0 Å². The number of carbonyl (C=O) groups excluding carboxylic acids is 1. The lowest BCUT2D eigenvalue weighted by Crippen LogP contribution is -2.42. The summed E-state index contributed by atoms with van der Waals surface area (Å²) >= 11 is 0. The second-order valence-corrected chi connectivity index (χ2v) is 6.38. The molecule has 0 spiro atoms. The summed E-state index contributed by atoms with van der Waals surface area (Å²) in [5.74, 6) is 1.26. The maximum absolute atomic E-state index is 11.6. The van der Waals surface area contributed by atoms with Crippen molar-refractivity contribution >= 4 is 16.7 Å². The van der Waals surface area contributed by atoms with E-state index in [1.165, 1.54) is 6.42 Å². The highest BCUT2D eigenvalue weighted by atomic mass is 32.2. The minimum Gasteiger partial charge on any atom is -0.355 e. The van der Waals surface area contributed by atoms with Crippen LogP contribution in [-0.2, 0) is 15.6 Å². The highest BCUT2D eigenvalue weighted by Gasteiger charge is 2.37. The molecular weight excluding hydrogens is 224 g/mol. The molecule has 0 aromatic rings. The second-order valence-electron chi connectivity index (χ2n) is 4.52. The monoisotopic (exact) mass is 246 g/mol. The van der Waals surface area contributed by atoms with Gasteiger partial charge in [-0.25, -0.2) is 0 Å². The van der Waals surface area contributed by atoms with Crippen LogP contribution in [0.3, 0.4) is 0 Å². The molecule has 1 fully saturated rings. The number of nitrogens with two attached hydrogens (primary N) is 1. The molecule has 5 heteroatoms. The second kappa shape index (κ2) is 6.35. The molecule has 0 aromatic heterocycles. The predicted molar refractivity (Wildman–Crippen MR) is 66.5 cm³/mol. The molecule has 1 saturated carbocycles. The standard InChI is InChI=1S/C11H22N2O2S/c1-2-16(15)7-6-13-10(14)8-11(9-12)4-3-5-11/h2-9,12H2,1H3,(H,13,14). The van der Waals surface area contributed by atoms with Gasteiger partial charge in [-0.1, -0.05) is 13.3 Å². The van der Waals surface area contributed by atoms with Crippen molar-refractivity contribution < 1.29 is 9.00 Å². The molecule has 0 saturated heterocycles. The first-order chi connectivity index (χ1) is 7.62. The summed E-state index contributed by atoms with van der Waals surface area (Å²) in [6, 6.07) is 0. The molecule has 1 aliphatic carbocycles. The first kappa shape index (κ1) is 13.6. The van der Waals surface area contributed by atoms with Gasteiger partial charge in [-0.2, -0.15) is 0 Å². The van der Waals surface area contributed by atoms with Gasteiger partial charge in [-0.05, 0) is 24.8 Å². The summed E-state index contributed by atoms with van der Waals surface area (Å²) in [5.41, 5.74) is 5.75. The normalized spacial score (nSPS) is 19.9. The molecule has 3 N–H and O–H groups in total. The van der Waals surface area contributed by atoms with Crippen LogP contribution in [0.5, 0.6) is 0 Å². The lowest BCUT2D eigenvalue weighted by Gasteiger charge is -2.40. The van der Waals surface area contributed by atoms with E-state index in [2.05, 4.69) is 5.32 Å². The summed E-state index contributed by atoms with van der Waals surface area (Å²) in [4.78, 5) is 11.6. The predicted octanol–water partition coefficient (Wildman–Crippen LogP) is 0.390. The third kappa shape index (κ3) is 3.87.